The van der Waals surface area contributed by atoms with Crippen LogP contribution >= 0.6 is 0 Å². The standard InChI is InChI=1S/C9H15NOSi/c1-5-6-7-9(8-10)11-12(2,3)4/h5-7,9H,1H2,2-4H3. The summed E-state index contributed by atoms with van der Waals surface area (Å²) >= 11 is 0. The summed E-state index contributed by atoms with van der Waals surface area (Å²) in [6.45, 7) is 9.69. The maximum Gasteiger partial charge on any atom is 0.185 e. The highest BCUT2D eigenvalue weighted by Gasteiger charge is 2.18. The van der Waals surface area contributed by atoms with E-state index in [1.54, 1.807) is 18.2 Å². The van der Waals surface area contributed by atoms with Crippen LogP contribution in [0.1, 0.15) is 0 Å². The van der Waals surface area contributed by atoms with E-state index in [4.69, 9.17) is 9.69 Å². The Balaban J connectivity index is 4.12. The first-order valence-corrected chi connectivity index (χ1v) is 7.27. The summed E-state index contributed by atoms with van der Waals surface area (Å²) in [4.78, 5) is 0. The molecule has 0 aliphatic heterocycles. The van der Waals surface area contributed by atoms with Gasteiger partial charge in [0.25, 0.3) is 0 Å². The fraction of sp³-hybridized carbons (Fsp3) is 0.444. The average molecular weight is 181 g/mol. The van der Waals surface area contributed by atoms with Crippen LogP contribution in [0.5, 0.6) is 0 Å². The summed E-state index contributed by atoms with van der Waals surface area (Å²) < 4.78 is 5.53. The van der Waals surface area contributed by atoms with E-state index in [0.29, 0.717) is 0 Å². The molecule has 12 heavy (non-hydrogen) atoms. The maximum atomic E-state index is 8.68. The third-order valence-corrected chi connectivity index (χ3v) is 1.99. The van der Waals surface area contributed by atoms with E-state index in [0.717, 1.165) is 0 Å². The monoisotopic (exact) mass is 181 g/mol. The van der Waals surface area contributed by atoms with Gasteiger partial charge in [0.1, 0.15) is 0 Å². The highest BCUT2D eigenvalue weighted by atomic mass is 28.4. The second-order valence-corrected chi connectivity index (χ2v) is 7.86. The first-order chi connectivity index (χ1) is 5.49. The molecule has 3 heteroatoms. The molecule has 0 N–H and O–H groups in total. The van der Waals surface area contributed by atoms with Crippen LogP contribution in [0.2, 0.25) is 19.6 Å². The van der Waals surface area contributed by atoms with Crippen LogP contribution in [0, 0.1) is 11.3 Å². The van der Waals surface area contributed by atoms with Gasteiger partial charge in [0.05, 0.1) is 6.07 Å². The van der Waals surface area contributed by atoms with Crippen LogP contribution in [0.4, 0.5) is 0 Å². The Morgan fingerprint density at radius 2 is 2.08 bits per heavy atom. The van der Waals surface area contributed by atoms with Crippen LogP contribution in [0.25, 0.3) is 0 Å². The van der Waals surface area contributed by atoms with Gasteiger partial charge in [0, 0.05) is 0 Å². The van der Waals surface area contributed by atoms with E-state index < -0.39 is 14.4 Å². The minimum atomic E-state index is -1.60. The van der Waals surface area contributed by atoms with Gasteiger partial charge >= 0.3 is 0 Å². The molecule has 0 radical (unpaired) electrons. The van der Waals surface area contributed by atoms with Crippen molar-refractivity contribution < 1.29 is 4.43 Å². The second kappa shape index (κ2) is 4.91. The molecule has 0 amide bonds. The summed E-state index contributed by atoms with van der Waals surface area (Å²) in [7, 11) is -1.60. The molecular weight excluding hydrogens is 166 g/mol. The molecule has 0 aromatic carbocycles. The molecule has 0 rings (SSSR count). The van der Waals surface area contributed by atoms with Crippen molar-refractivity contribution in [3.05, 3.63) is 24.8 Å². The number of hydrogen-bond donors (Lipinski definition) is 0. The number of nitriles is 1. The quantitative estimate of drug-likeness (QED) is 0.493. The van der Waals surface area contributed by atoms with Crippen LogP contribution < -0.4 is 0 Å². The molecule has 0 spiro atoms. The van der Waals surface area contributed by atoms with Gasteiger partial charge in [-0.1, -0.05) is 18.7 Å². The Hall–Kier alpha value is -0.853. The number of hydrogen-bond acceptors (Lipinski definition) is 2. The van der Waals surface area contributed by atoms with Gasteiger partial charge in [0.2, 0.25) is 0 Å². The SMILES string of the molecule is C=CC=CC(C#N)O[Si](C)(C)C. The highest BCUT2D eigenvalue weighted by molar-refractivity contribution is 6.69. The molecular formula is C9H15NOSi. The van der Waals surface area contributed by atoms with E-state index >= 15 is 0 Å². The molecule has 0 aromatic rings. The molecule has 1 atom stereocenters. The fourth-order valence-electron chi connectivity index (χ4n) is 0.669. The molecule has 66 valence electrons. The molecule has 0 heterocycles. The molecule has 0 saturated carbocycles. The van der Waals surface area contributed by atoms with Crippen molar-refractivity contribution in [1.82, 2.24) is 0 Å². The molecule has 1 unspecified atom stereocenters. The van der Waals surface area contributed by atoms with Gasteiger partial charge in [-0.25, -0.2) is 0 Å². The summed E-state index contributed by atoms with van der Waals surface area (Å²) in [5.74, 6) is 0. The lowest BCUT2D eigenvalue weighted by Crippen LogP contribution is -2.30. The van der Waals surface area contributed by atoms with Crippen molar-refractivity contribution in [2.45, 2.75) is 25.7 Å². The van der Waals surface area contributed by atoms with Gasteiger partial charge in [-0.2, -0.15) is 5.26 Å². The van der Waals surface area contributed by atoms with E-state index in [2.05, 4.69) is 32.3 Å². The average Bonchev–Trinajstić information content (AvgIpc) is 1.95. The van der Waals surface area contributed by atoms with Crippen LogP contribution in [-0.2, 0) is 4.43 Å². The minimum Gasteiger partial charge on any atom is -0.399 e. The number of nitrogens with zero attached hydrogens (tertiary/aromatic N) is 1. The lowest BCUT2D eigenvalue weighted by Gasteiger charge is -2.19. The summed E-state index contributed by atoms with van der Waals surface area (Å²) in [5, 5.41) is 8.68. The van der Waals surface area contributed by atoms with Crippen molar-refractivity contribution in [1.29, 1.82) is 5.26 Å². The fourth-order valence-corrected chi connectivity index (χ4v) is 1.56. The lowest BCUT2D eigenvalue weighted by molar-refractivity contribution is 0.296. The zero-order chi connectivity index (χ0) is 9.61. The largest absolute Gasteiger partial charge is 0.399 e. The molecule has 0 aromatic heterocycles. The Kier molecular flexibility index (Phi) is 4.56. The Morgan fingerprint density at radius 1 is 1.50 bits per heavy atom. The van der Waals surface area contributed by atoms with Crippen molar-refractivity contribution >= 4 is 8.32 Å². The predicted octanol–water partition coefficient (Wildman–Crippen LogP) is 2.47. The number of rotatable bonds is 4. The molecule has 0 saturated heterocycles. The van der Waals surface area contributed by atoms with Gasteiger partial charge < -0.3 is 4.43 Å². The van der Waals surface area contributed by atoms with E-state index in [-0.39, 0.29) is 0 Å². The summed E-state index contributed by atoms with van der Waals surface area (Å²) in [6, 6.07) is 2.07. The van der Waals surface area contributed by atoms with Crippen LogP contribution in [0.3, 0.4) is 0 Å². The smallest absolute Gasteiger partial charge is 0.185 e. The molecule has 2 nitrogen and oxygen atoms in total. The van der Waals surface area contributed by atoms with Crippen molar-refractivity contribution in [3.8, 4) is 6.07 Å². The predicted molar refractivity (Wildman–Crippen MR) is 53.2 cm³/mol. The minimum absolute atomic E-state index is 0.422. The van der Waals surface area contributed by atoms with Gasteiger partial charge in [-0.05, 0) is 25.7 Å². The first-order valence-electron chi connectivity index (χ1n) is 3.86. The zero-order valence-electron chi connectivity index (χ0n) is 7.87. The summed E-state index contributed by atoms with van der Waals surface area (Å²) in [6.07, 6.45) is 4.66. The Labute approximate surface area is 75.3 Å². The van der Waals surface area contributed by atoms with Gasteiger partial charge in [-0.15, -0.1) is 0 Å². The third kappa shape index (κ3) is 5.90. The van der Waals surface area contributed by atoms with Crippen molar-refractivity contribution in [3.63, 3.8) is 0 Å². The van der Waals surface area contributed by atoms with Crippen molar-refractivity contribution in [2.75, 3.05) is 0 Å². The topological polar surface area (TPSA) is 33.0 Å². The molecule has 0 aliphatic rings. The first kappa shape index (κ1) is 11.1. The highest BCUT2D eigenvalue weighted by Crippen LogP contribution is 2.07. The second-order valence-electron chi connectivity index (χ2n) is 3.40. The van der Waals surface area contributed by atoms with Crippen LogP contribution in [0.15, 0.2) is 24.8 Å². The Morgan fingerprint density at radius 3 is 2.42 bits per heavy atom. The van der Waals surface area contributed by atoms with E-state index in [1.165, 1.54) is 0 Å². The number of allylic oxidation sites excluding steroid dienone is 2. The lowest BCUT2D eigenvalue weighted by atomic mass is 10.3. The summed E-state index contributed by atoms with van der Waals surface area (Å²) in [5.41, 5.74) is 0. The Bertz CT molecular complexity index is 210. The molecule has 0 aliphatic carbocycles. The normalized spacial score (nSPS) is 14.2. The zero-order valence-corrected chi connectivity index (χ0v) is 8.87. The van der Waals surface area contributed by atoms with Crippen molar-refractivity contribution in [2.24, 2.45) is 0 Å². The van der Waals surface area contributed by atoms with E-state index in [9.17, 15) is 0 Å². The van der Waals surface area contributed by atoms with Gasteiger partial charge in [-0.3, -0.25) is 0 Å². The van der Waals surface area contributed by atoms with E-state index in [1.807, 2.05) is 0 Å². The van der Waals surface area contributed by atoms with Gasteiger partial charge in [0.15, 0.2) is 14.4 Å². The third-order valence-electron chi connectivity index (χ3n) is 1.03. The van der Waals surface area contributed by atoms with Crippen LogP contribution in [-0.4, -0.2) is 14.4 Å². The maximum absolute atomic E-state index is 8.68. The molecule has 0 fully saturated rings. The molecule has 0 bridgehead atoms.